The van der Waals surface area contributed by atoms with E-state index in [4.69, 9.17) is 4.74 Å². The van der Waals surface area contributed by atoms with Gasteiger partial charge < -0.3 is 9.64 Å². The number of aliphatic imine (C=N–C) groups is 1. The zero-order valence-corrected chi connectivity index (χ0v) is 12.9. The van der Waals surface area contributed by atoms with Crippen molar-refractivity contribution in [3.63, 3.8) is 0 Å². The van der Waals surface area contributed by atoms with Gasteiger partial charge in [-0.1, -0.05) is 11.6 Å². The quantitative estimate of drug-likeness (QED) is 0.681. The van der Waals surface area contributed by atoms with E-state index in [-0.39, 0.29) is 6.09 Å². The van der Waals surface area contributed by atoms with Gasteiger partial charge in [0, 0.05) is 19.3 Å². The number of nitrogens with zero attached hydrogens (tertiary/aromatic N) is 2. The van der Waals surface area contributed by atoms with E-state index in [1.165, 1.54) is 16.7 Å². The molecular formula is C16H24N2O2. The van der Waals surface area contributed by atoms with Gasteiger partial charge in [-0.05, 0) is 51.7 Å². The summed E-state index contributed by atoms with van der Waals surface area (Å²) < 4.78 is 5.41. The van der Waals surface area contributed by atoms with E-state index >= 15 is 0 Å². The van der Waals surface area contributed by atoms with Crippen molar-refractivity contribution in [3.05, 3.63) is 22.8 Å². The second-order valence-corrected chi connectivity index (χ2v) is 6.27. The highest BCUT2D eigenvalue weighted by atomic mass is 16.6. The third-order valence-electron chi connectivity index (χ3n) is 3.58. The molecule has 0 aromatic heterocycles. The van der Waals surface area contributed by atoms with E-state index in [1.807, 2.05) is 27.0 Å². The van der Waals surface area contributed by atoms with E-state index in [2.05, 4.69) is 18.0 Å². The van der Waals surface area contributed by atoms with Gasteiger partial charge in [-0.2, -0.15) is 0 Å². The molecule has 110 valence electrons. The Balaban J connectivity index is 1.98. The van der Waals surface area contributed by atoms with Crippen molar-refractivity contribution in [3.8, 4) is 0 Å². The molecule has 2 aliphatic heterocycles. The molecule has 0 aliphatic carbocycles. The Bertz CT molecular complexity index is 471. The van der Waals surface area contributed by atoms with Crippen LogP contribution in [0.3, 0.4) is 0 Å². The van der Waals surface area contributed by atoms with Gasteiger partial charge in [-0.3, -0.25) is 4.99 Å². The molecule has 4 heteroatoms. The Hall–Kier alpha value is -1.58. The zero-order valence-electron chi connectivity index (χ0n) is 12.9. The summed E-state index contributed by atoms with van der Waals surface area (Å²) in [6.07, 6.45) is 5.74. The minimum Gasteiger partial charge on any atom is -0.444 e. The third-order valence-corrected chi connectivity index (χ3v) is 3.58. The van der Waals surface area contributed by atoms with Crippen LogP contribution in [-0.2, 0) is 4.74 Å². The standard InChI is InChI=1S/C16H24N2O2/c1-5-12-10-17-11-14(12)13-6-8-18(9-7-13)15(19)20-16(2,3)4/h5,11H,6-10H2,1-4H3/b12-5+. The number of carbonyl (C=O) groups is 1. The maximum Gasteiger partial charge on any atom is 0.410 e. The van der Waals surface area contributed by atoms with Gasteiger partial charge in [0.2, 0.25) is 0 Å². The molecule has 1 amide bonds. The van der Waals surface area contributed by atoms with Crippen LogP contribution in [0.15, 0.2) is 27.8 Å². The number of amides is 1. The van der Waals surface area contributed by atoms with Crippen molar-refractivity contribution in [2.75, 3.05) is 19.6 Å². The summed E-state index contributed by atoms with van der Waals surface area (Å²) >= 11 is 0. The molecule has 0 unspecified atom stereocenters. The highest BCUT2D eigenvalue weighted by Crippen LogP contribution is 2.27. The number of hydrogen-bond donors (Lipinski definition) is 0. The number of hydrogen-bond acceptors (Lipinski definition) is 3. The van der Waals surface area contributed by atoms with E-state index < -0.39 is 5.60 Å². The van der Waals surface area contributed by atoms with Gasteiger partial charge in [0.1, 0.15) is 5.60 Å². The number of allylic oxidation sites excluding steroid dienone is 1. The first-order chi connectivity index (χ1) is 9.40. The minimum absolute atomic E-state index is 0.201. The maximum atomic E-state index is 12.0. The fourth-order valence-electron chi connectivity index (χ4n) is 2.52. The summed E-state index contributed by atoms with van der Waals surface area (Å²) in [5, 5.41) is 0. The molecule has 0 saturated carbocycles. The fraction of sp³-hybridized carbons (Fsp3) is 0.625. The first-order valence-corrected chi connectivity index (χ1v) is 7.26. The summed E-state index contributed by atoms with van der Waals surface area (Å²) in [6, 6.07) is 0. The average molecular weight is 276 g/mol. The SMILES string of the molecule is C/C=C1\CN=CC1=C1CCN(C(=O)OC(C)(C)C)CC1. The first kappa shape index (κ1) is 14.8. The predicted molar refractivity (Wildman–Crippen MR) is 81.2 cm³/mol. The average Bonchev–Trinajstić information content (AvgIpc) is 2.85. The number of carbonyl (C=O) groups excluding carboxylic acids is 1. The van der Waals surface area contributed by atoms with Crippen molar-refractivity contribution in [1.29, 1.82) is 0 Å². The molecule has 0 spiro atoms. The molecule has 1 fully saturated rings. The molecule has 2 rings (SSSR count). The lowest BCUT2D eigenvalue weighted by Crippen LogP contribution is -2.40. The van der Waals surface area contributed by atoms with Crippen LogP contribution in [0, 0.1) is 0 Å². The molecule has 4 nitrogen and oxygen atoms in total. The van der Waals surface area contributed by atoms with E-state index in [0.29, 0.717) is 0 Å². The molecule has 2 aliphatic rings. The number of piperidine rings is 1. The molecule has 0 atom stereocenters. The Morgan fingerprint density at radius 2 is 2.00 bits per heavy atom. The summed E-state index contributed by atoms with van der Waals surface area (Å²) in [7, 11) is 0. The minimum atomic E-state index is -0.425. The van der Waals surface area contributed by atoms with E-state index in [0.717, 1.165) is 32.5 Å². The van der Waals surface area contributed by atoms with Crippen molar-refractivity contribution in [2.45, 2.75) is 46.1 Å². The van der Waals surface area contributed by atoms with Crippen molar-refractivity contribution in [1.82, 2.24) is 4.90 Å². The van der Waals surface area contributed by atoms with E-state index in [9.17, 15) is 4.79 Å². The zero-order chi connectivity index (χ0) is 14.8. The monoisotopic (exact) mass is 276 g/mol. The summed E-state index contributed by atoms with van der Waals surface area (Å²) in [4.78, 5) is 18.2. The molecule has 20 heavy (non-hydrogen) atoms. The summed E-state index contributed by atoms with van der Waals surface area (Å²) in [5.41, 5.74) is 3.59. The predicted octanol–water partition coefficient (Wildman–Crippen LogP) is 3.34. The smallest absolute Gasteiger partial charge is 0.410 e. The molecule has 0 bridgehead atoms. The van der Waals surface area contributed by atoms with Crippen LogP contribution >= 0.6 is 0 Å². The molecule has 0 N–H and O–H groups in total. The Labute approximate surface area is 121 Å². The molecule has 0 radical (unpaired) electrons. The lowest BCUT2D eigenvalue weighted by Gasteiger charge is -2.31. The van der Waals surface area contributed by atoms with Crippen LogP contribution in [-0.4, -0.2) is 42.4 Å². The van der Waals surface area contributed by atoms with Crippen LogP contribution in [0.5, 0.6) is 0 Å². The molecule has 1 saturated heterocycles. The number of ether oxygens (including phenoxy) is 1. The van der Waals surface area contributed by atoms with Gasteiger partial charge in [0.05, 0.1) is 6.54 Å². The molecule has 0 aromatic carbocycles. The van der Waals surface area contributed by atoms with E-state index in [1.54, 1.807) is 4.90 Å². The van der Waals surface area contributed by atoms with Gasteiger partial charge in [-0.15, -0.1) is 0 Å². The topological polar surface area (TPSA) is 41.9 Å². The van der Waals surface area contributed by atoms with Crippen LogP contribution in [0.2, 0.25) is 0 Å². The van der Waals surface area contributed by atoms with Crippen molar-refractivity contribution >= 4 is 12.3 Å². The van der Waals surface area contributed by atoms with Gasteiger partial charge in [0.15, 0.2) is 0 Å². The Morgan fingerprint density at radius 3 is 2.55 bits per heavy atom. The largest absolute Gasteiger partial charge is 0.444 e. The van der Waals surface area contributed by atoms with Crippen LogP contribution in [0.4, 0.5) is 4.79 Å². The summed E-state index contributed by atoms with van der Waals surface area (Å²) in [5.74, 6) is 0. The number of rotatable bonds is 0. The highest BCUT2D eigenvalue weighted by molar-refractivity contribution is 5.89. The Kier molecular flexibility index (Phi) is 4.31. The summed E-state index contributed by atoms with van der Waals surface area (Å²) in [6.45, 7) is 10.0. The van der Waals surface area contributed by atoms with Crippen molar-refractivity contribution < 1.29 is 9.53 Å². The van der Waals surface area contributed by atoms with Crippen LogP contribution in [0.25, 0.3) is 0 Å². The lowest BCUT2D eigenvalue weighted by molar-refractivity contribution is 0.0236. The highest BCUT2D eigenvalue weighted by Gasteiger charge is 2.26. The lowest BCUT2D eigenvalue weighted by atomic mass is 9.95. The normalized spacial score (nSPS) is 21.8. The second-order valence-electron chi connectivity index (χ2n) is 6.27. The second kappa shape index (κ2) is 5.81. The molecular weight excluding hydrogens is 252 g/mol. The number of likely N-dealkylation sites (tertiary alicyclic amines) is 1. The van der Waals surface area contributed by atoms with Gasteiger partial charge >= 0.3 is 6.09 Å². The van der Waals surface area contributed by atoms with Gasteiger partial charge in [0.25, 0.3) is 0 Å². The third kappa shape index (κ3) is 3.50. The van der Waals surface area contributed by atoms with Gasteiger partial charge in [-0.25, -0.2) is 4.79 Å². The maximum absolute atomic E-state index is 12.0. The fourth-order valence-corrected chi connectivity index (χ4v) is 2.52. The molecule has 0 aromatic rings. The first-order valence-electron chi connectivity index (χ1n) is 7.26. The Morgan fingerprint density at radius 1 is 1.35 bits per heavy atom. The molecule has 2 heterocycles. The van der Waals surface area contributed by atoms with Crippen LogP contribution < -0.4 is 0 Å². The van der Waals surface area contributed by atoms with Crippen LogP contribution in [0.1, 0.15) is 40.5 Å². The van der Waals surface area contributed by atoms with Crippen molar-refractivity contribution in [2.24, 2.45) is 4.99 Å².